The highest BCUT2D eigenvalue weighted by Crippen LogP contribution is 2.29. The van der Waals surface area contributed by atoms with Crippen molar-refractivity contribution in [2.45, 2.75) is 18.9 Å². The van der Waals surface area contributed by atoms with Gasteiger partial charge in [-0.1, -0.05) is 6.07 Å². The fourth-order valence-electron chi connectivity index (χ4n) is 2.43. The van der Waals surface area contributed by atoms with Gasteiger partial charge in [-0.05, 0) is 31.0 Å². The number of fused-ring (bicyclic) bond motifs is 1. The highest BCUT2D eigenvalue weighted by atomic mass is 32.1. The summed E-state index contributed by atoms with van der Waals surface area (Å²) in [5, 5.41) is 10.1. The van der Waals surface area contributed by atoms with Crippen LogP contribution in [0.25, 0.3) is 10.1 Å². The number of nitrogens with zero attached hydrogens (tertiary/aromatic N) is 1. The van der Waals surface area contributed by atoms with Gasteiger partial charge in [0.15, 0.2) is 0 Å². The number of carbonyl (C=O) groups is 1. The van der Waals surface area contributed by atoms with Crippen LogP contribution in [-0.4, -0.2) is 35.1 Å². The lowest BCUT2D eigenvalue weighted by Gasteiger charge is -2.29. The lowest BCUT2D eigenvalue weighted by atomic mass is 10.1. The van der Waals surface area contributed by atoms with E-state index in [1.807, 2.05) is 6.07 Å². The second kappa shape index (κ2) is 4.90. The fraction of sp³-hybridized carbons (Fsp3) is 0.357. The highest BCUT2D eigenvalue weighted by molar-refractivity contribution is 7.20. The highest BCUT2D eigenvalue weighted by Gasteiger charge is 2.24. The van der Waals surface area contributed by atoms with Crippen molar-refractivity contribution in [1.82, 2.24) is 4.90 Å². The number of benzene rings is 1. The summed E-state index contributed by atoms with van der Waals surface area (Å²) >= 11 is 1.30. The smallest absolute Gasteiger partial charge is 0.264 e. The Balaban J connectivity index is 1.91. The number of halogens is 1. The van der Waals surface area contributed by atoms with E-state index in [0.717, 1.165) is 17.5 Å². The van der Waals surface area contributed by atoms with E-state index in [1.165, 1.54) is 17.4 Å². The van der Waals surface area contributed by atoms with Gasteiger partial charge < -0.3 is 10.0 Å². The predicted octanol–water partition coefficient (Wildman–Crippen LogP) is 2.64. The van der Waals surface area contributed by atoms with Crippen molar-refractivity contribution in [1.29, 1.82) is 0 Å². The van der Waals surface area contributed by atoms with E-state index in [2.05, 4.69) is 0 Å². The van der Waals surface area contributed by atoms with E-state index in [0.29, 0.717) is 23.4 Å². The number of aliphatic hydroxyl groups is 1. The molecular formula is C14H14FNO2S. The van der Waals surface area contributed by atoms with Gasteiger partial charge in [0.1, 0.15) is 5.82 Å². The molecular weight excluding hydrogens is 265 g/mol. The zero-order valence-corrected chi connectivity index (χ0v) is 11.1. The molecule has 0 aliphatic carbocycles. The number of rotatable bonds is 1. The Hall–Kier alpha value is -1.46. The monoisotopic (exact) mass is 279 g/mol. The molecule has 1 amide bonds. The van der Waals surface area contributed by atoms with Crippen LogP contribution in [-0.2, 0) is 0 Å². The Labute approximate surface area is 114 Å². The Morgan fingerprint density at radius 3 is 3.05 bits per heavy atom. The first-order valence-corrected chi connectivity index (χ1v) is 7.12. The van der Waals surface area contributed by atoms with E-state index in [-0.39, 0.29) is 11.7 Å². The van der Waals surface area contributed by atoms with Gasteiger partial charge in [-0.2, -0.15) is 0 Å². The van der Waals surface area contributed by atoms with Crippen LogP contribution >= 0.6 is 11.3 Å². The molecule has 1 aliphatic rings. The summed E-state index contributed by atoms with van der Waals surface area (Å²) < 4.78 is 14.4. The maximum atomic E-state index is 13.6. The number of hydrogen-bond acceptors (Lipinski definition) is 3. The first kappa shape index (κ1) is 12.6. The maximum Gasteiger partial charge on any atom is 0.264 e. The molecule has 0 saturated carbocycles. The first-order chi connectivity index (χ1) is 9.15. The molecule has 1 aliphatic heterocycles. The molecule has 5 heteroatoms. The maximum absolute atomic E-state index is 13.6. The fourth-order valence-corrected chi connectivity index (χ4v) is 3.47. The van der Waals surface area contributed by atoms with E-state index in [9.17, 15) is 14.3 Å². The van der Waals surface area contributed by atoms with Crippen LogP contribution in [0.5, 0.6) is 0 Å². The van der Waals surface area contributed by atoms with Crippen LogP contribution in [0.15, 0.2) is 24.3 Å². The summed E-state index contributed by atoms with van der Waals surface area (Å²) in [6.45, 7) is 1.03. The SMILES string of the molecule is O=C(c1cc2c(F)cccc2s1)N1CCC[C@H](O)C1. The number of β-amino-alcohol motifs (C(OH)–C–C–N with tert-alkyl or cyclic N) is 1. The van der Waals surface area contributed by atoms with E-state index in [1.54, 1.807) is 17.0 Å². The summed E-state index contributed by atoms with van der Waals surface area (Å²) in [5.74, 6) is -0.411. The van der Waals surface area contributed by atoms with Crippen molar-refractivity contribution < 1.29 is 14.3 Å². The lowest BCUT2D eigenvalue weighted by molar-refractivity contribution is 0.0478. The topological polar surface area (TPSA) is 40.5 Å². The molecule has 1 fully saturated rings. The van der Waals surface area contributed by atoms with Crippen molar-refractivity contribution in [3.05, 3.63) is 35.0 Å². The minimum atomic E-state index is -0.441. The molecule has 1 aromatic heterocycles. The molecule has 2 heterocycles. The molecule has 3 rings (SSSR count). The Bertz CT molecular complexity index is 625. The van der Waals surface area contributed by atoms with Gasteiger partial charge in [0.2, 0.25) is 0 Å². The van der Waals surface area contributed by atoms with Crippen LogP contribution in [0.4, 0.5) is 4.39 Å². The Morgan fingerprint density at radius 2 is 2.32 bits per heavy atom. The molecule has 1 saturated heterocycles. The summed E-state index contributed by atoms with van der Waals surface area (Å²) in [6, 6.07) is 6.46. The molecule has 0 bridgehead atoms. The lowest BCUT2D eigenvalue weighted by Crippen LogP contribution is -2.41. The van der Waals surface area contributed by atoms with Crippen LogP contribution in [0.3, 0.4) is 0 Å². The van der Waals surface area contributed by atoms with Gasteiger partial charge in [0, 0.05) is 23.2 Å². The third-order valence-electron chi connectivity index (χ3n) is 3.40. The van der Waals surface area contributed by atoms with E-state index in [4.69, 9.17) is 0 Å². The molecule has 3 nitrogen and oxygen atoms in total. The van der Waals surface area contributed by atoms with Gasteiger partial charge in [-0.15, -0.1) is 11.3 Å². The van der Waals surface area contributed by atoms with E-state index < -0.39 is 6.10 Å². The molecule has 0 radical (unpaired) electrons. The van der Waals surface area contributed by atoms with Gasteiger partial charge in [0.25, 0.3) is 5.91 Å². The minimum Gasteiger partial charge on any atom is -0.391 e. The second-order valence-electron chi connectivity index (χ2n) is 4.81. The molecule has 0 unspecified atom stereocenters. The number of thiophene rings is 1. The van der Waals surface area contributed by atoms with Crippen LogP contribution < -0.4 is 0 Å². The van der Waals surface area contributed by atoms with Crippen molar-refractivity contribution in [3.63, 3.8) is 0 Å². The Kier molecular flexibility index (Phi) is 3.24. The molecule has 19 heavy (non-hydrogen) atoms. The van der Waals surface area contributed by atoms with Crippen molar-refractivity contribution in [2.24, 2.45) is 0 Å². The first-order valence-electron chi connectivity index (χ1n) is 6.30. The number of amides is 1. The standard InChI is InChI=1S/C14H14FNO2S/c15-11-4-1-5-12-10(11)7-13(19-12)14(18)16-6-2-3-9(17)8-16/h1,4-5,7,9,17H,2-3,6,8H2/t9-/m0/s1. The third kappa shape index (κ3) is 2.35. The van der Waals surface area contributed by atoms with Crippen LogP contribution in [0.1, 0.15) is 22.5 Å². The number of carbonyl (C=O) groups excluding carboxylic acids is 1. The molecule has 0 spiro atoms. The summed E-state index contributed by atoms with van der Waals surface area (Å²) in [5.41, 5.74) is 0. The number of piperidine rings is 1. The molecule has 1 N–H and O–H groups in total. The number of likely N-dealkylation sites (tertiary alicyclic amines) is 1. The van der Waals surface area contributed by atoms with Crippen molar-refractivity contribution >= 4 is 27.3 Å². The van der Waals surface area contributed by atoms with E-state index >= 15 is 0 Å². The van der Waals surface area contributed by atoms with Crippen molar-refractivity contribution in [2.75, 3.05) is 13.1 Å². The minimum absolute atomic E-state index is 0.112. The quantitative estimate of drug-likeness (QED) is 0.871. The summed E-state index contributed by atoms with van der Waals surface area (Å²) in [7, 11) is 0. The van der Waals surface area contributed by atoms with Crippen LogP contribution in [0, 0.1) is 5.82 Å². The number of hydrogen-bond donors (Lipinski definition) is 1. The van der Waals surface area contributed by atoms with Crippen molar-refractivity contribution in [3.8, 4) is 0 Å². The second-order valence-corrected chi connectivity index (χ2v) is 5.89. The molecule has 1 aromatic carbocycles. The predicted molar refractivity (Wildman–Crippen MR) is 72.9 cm³/mol. The Morgan fingerprint density at radius 1 is 1.47 bits per heavy atom. The van der Waals surface area contributed by atoms with Crippen LogP contribution in [0.2, 0.25) is 0 Å². The molecule has 100 valence electrons. The molecule has 2 aromatic rings. The van der Waals surface area contributed by atoms with Gasteiger partial charge in [0.05, 0.1) is 11.0 Å². The summed E-state index contributed by atoms with van der Waals surface area (Å²) in [6.07, 6.45) is 1.11. The van der Waals surface area contributed by atoms with Gasteiger partial charge in [-0.3, -0.25) is 4.79 Å². The average Bonchev–Trinajstić information content (AvgIpc) is 2.83. The molecule has 1 atom stereocenters. The zero-order valence-electron chi connectivity index (χ0n) is 10.3. The van der Waals surface area contributed by atoms with Gasteiger partial charge in [-0.25, -0.2) is 4.39 Å². The normalized spacial score (nSPS) is 19.9. The third-order valence-corrected chi connectivity index (χ3v) is 4.49. The summed E-state index contributed by atoms with van der Waals surface area (Å²) in [4.78, 5) is 14.5. The average molecular weight is 279 g/mol. The number of aliphatic hydroxyl groups excluding tert-OH is 1. The largest absolute Gasteiger partial charge is 0.391 e. The zero-order chi connectivity index (χ0) is 13.4. The van der Waals surface area contributed by atoms with Gasteiger partial charge >= 0.3 is 0 Å².